The molecule has 8 heteroatoms. The Bertz CT molecular complexity index is 864. The summed E-state index contributed by atoms with van der Waals surface area (Å²) in [6.45, 7) is 1.86. The van der Waals surface area contributed by atoms with Crippen LogP contribution in [0.4, 0.5) is 5.69 Å². The number of rotatable bonds is 5. The fourth-order valence-electron chi connectivity index (χ4n) is 1.96. The molecule has 122 valence electrons. The first-order chi connectivity index (χ1) is 11.4. The summed E-state index contributed by atoms with van der Waals surface area (Å²) in [5.41, 5.74) is -0.580. The van der Waals surface area contributed by atoms with Gasteiger partial charge in [0.2, 0.25) is 0 Å². The largest absolute Gasteiger partial charge is 0.465 e. The van der Waals surface area contributed by atoms with Crippen LogP contribution in [0.2, 0.25) is 5.02 Å². The van der Waals surface area contributed by atoms with Gasteiger partial charge in [-0.2, -0.15) is 5.26 Å². The molecule has 0 fully saturated rings. The molecule has 7 nitrogen and oxygen atoms in total. The molecule has 1 aromatic heterocycles. The molecule has 1 aromatic carbocycles. The molecule has 24 heavy (non-hydrogen) atoms. The van der Waals surface area contributed by atoms with Crippen LogP contribution in [0.3, 0.4) is 0 Å². The lowest BCUT2D eigenvalue weighted by atomic mass is 10.1. The zero-order chi connectivity index (χ0) is 17.7. The minimum absolute atomic E-state index is 0.00436. The summed E-state index contributed by atoms with van der Waals surface area (Å²) < 4.78 is 5.31. The van der Waals surface area contributed by atoms with Gasteiger partial charge in [-0.25, -0.2) is 0 Å². The van der Waals surface area contributed by atoms with Crippen LogP contribution in [-0.4, -0.2) is 10.8 Å². The summed E-state index contributed by atoms with van der Waals surface area (Å²) in [5.74, 6) is 0.546. The molecule has 0 radical (unpaired) electrons. The molecule has 1 amide bonds. The maximum atomic E-state index is 12.1. The number of nitro groups is 1. The fourth-order valence-corrected chi connectivity index (χ4v) is 2.19. The molecule has 0 aliphatic rings. The van der Waals surface area contributed by atoms with Crippen molar-refractivity contribution in [3.63, 3.8) is 0 Å². The third-order valence-electron chi connectivity index (χ3n) is 3.10. The van der Waals surface area contributed by atoms with E-state index in [0.29, 0.717) is 11.5 Å². The van der Waals surface area contributed by atoms with Gasteiger partial charge in [-0.1, -0.05) is 17.7 Å². The lowest BCUT2D eigenvalue weighted by molar-refractivity contribution is -0.385. The second-order valence-corrected chi connectivity index (χ2v) is 5.20. The Kier molecular flexibility index (Phi) is 5.35. The molecular formula is C16H12ClN3O4. The number of hydrogen-bond donors (Lipinski definition) is 1. The highest BCUT2D eigenvalue weighted by atomic mass is 35.5. The number of furan rings is 1. The molecule has 0 aliphatic carbocycles. The topological polar surface area (TPSA) is 109 Å². The zero-order valence-electron chi connectivity index (χ0n) is 12.6. The van der Waals surface area contributed by atoms with Crippen LogP contribution in [-0.2, 0) is 11.3 Å². The first-order valence-electron chi connectivity index (χ1n) is 6.80. The molecule has 0 saturated heterocycles. The van der Waals surface area contributed by atoms with Gasteiger partial charge < -0.3 is 9.73 Å². The number of nitrogens with one attached hydrogen (secondary N) is 1. The van der Waals surface area contributed by atoms with Crippen LogP contribution in [0.5, 0.6) is 0 Å². The van der Waals surface area contributed by atoms with E-state index in [1.54, 1.807) is 25.1 Å². The van der Waals surface area contributed by atoms with E-state index in [4.69, 9.17) is 21.3 Å². The summed E-state index contributed by atoms with van der Waals surface area (Å²) in [6, 6.07) is 9.28. The van der Waals surface area contributed by atoms with Crippen molar-refractivity contribution in [1.82, 2.24) is 5.32 Å². The van der Waals surface area contributed by atoms with E-state index in [-0.39, 0.29) is 28.4 Å². The van der Waals surface area contributed by atoms with Crippen molar-refractivity contribution in [1.29, 1.82) is 5.26 Å². The number of benzene rings is 1. The highest BCUT2D eigenvalue weighted by Crippen LogP contribution is 2.28. The third-order valence-corrected chi connectivity index (χ3v) is 3.43. The number of aryl methyl sites for hydroxylation is 1. The van der Waals surface area contributed by atoms with Gasteiger partial charge in [0.1, 0.15) is 23.2 Å². The molecule has 2 rings (SSSR count). The molecule has 0 aliphatic heterocycles. The standard InChI is InChI=1S/C16H12ClN3O4/c1-10-5-6-12(24-10)9-19-16(21)11(8-18)7-13-14(17)3-2-4-15(13)20(22)23/h2-7H,9H2,1H3,(H,19,21)/b11-7+. The van der Waals surface area contributed by atoms with Crippen molar-refractivity contribution in [3.05, 3.63) is 68.1 Å². The maximum Gasteiger partial charge on any atom is 0.278 e. The summed E-state index contributed by atoms with van der Waals surface area (Å²) >= 11 is 5.95. The smallest absolute Gasteiger partial charge is 0.278 e. The van der Waals surface area contributed by atoms with Crippen LogP contribution >= 0.6 is 11.6 Å². The van der Waals surface area contributed by atoms with Gasteiger partial charge in [-0.05, 0) is 31.2 Å². The van der Waals surface area contributed by atoms with Crippen molar-refractivity contribution in [2.24, 2.45) is 0 Å². The Morgan fingerprint density at radius 3 is 2.79 bits per heavy atom. The molecule has 0 atom stereocenters. The minimum Gasteiger partial charge on any atom is -0.465 e. The van der Waals surface area contributed by atoms with E-state index < -0.39 is 10.8 Å². The van der Waals surface area contributed by atoms with E-state index in [1.165, 1.54) is 18.2 Å². The van der Waals surface area contributed by atoms with Crippen molar-refractivity contribution in [2.45, 2.75) is 13.5 Å². The summed E-state index contributed by atoms with van der Waals surface area (Å²) in [5, 5.41) is 22.8. The molecular weight excluding hydrogens is 334 g/mol. The Labute approximate surface area is 142 Å². The molecule has 0 spiro atoms. The van der Waals surface area contributed by atoms with Gasteiger partial charge in [0.25, 0.3) is 11.6 Å². The van der Waals surface area contributed by atoms with Gasteiger partial charge in [0.15, 0.2) is 0 Å². The van der Waals surface area contributed by atoms with Crippen molar-refractivity contribution < 1.29 is 14.1 Å². The second kappa shape index (κ2) is 7.44. The van der Waals surface area contributed by atoms with Crippen LogP contribution in [0, 0.1) is 28.4 Å². The Morgan fingerprint density at radius 1 is 1.46 bits per heavy atom. The number of carbonyl (C=O) groups is 1. The van der Waals surface area contributed by atoms with Gasteiger partial charge in [0, 0.05) is 6.07 Å². The normalized spacial score (nSPS) is 11.0. The van der Waals surface area contributed by atoms with Crippen LogP contribution in [0.25, 0.3) is 6.08 Å². The lowest BCUT2D eigenvalue weighted by Crippen LogP contribution is -2.23. The summed E-state index contributed by atoms with van der Waals surface area (Å²) in [7, 11) is 0. The lowest BCUT2D eigenvalue weighted by Gasteiger charge is -2.04. The predicted octanol–water partition coefficient (Wildman–Crippen LogP) is 3.37. The first kappa shape index (κ1) is 17.2. The monoisotopic (exact) mass is 345 g/mol. The van der Waals surface area contributed by atoms with Gasteiger partial charge in [0.05, 0.1) is 22.1 Å². The number of halogens is 1. The van der Waals surface area contributed by atoms with Crippen molar-refractivity contribution in [2.75, 3.05) is 0 Å². The van der Waals surface area contributed by atoms with E-state index in [0.717, 1.165) is 6.08 Å². The average molecular weight is 346 g/mol. The van der Waals surface area contributed by atoms with Gasteiger partial charge >= 0.3 is 0 Å². The molecule has 1 heterocycles. The summed E-state index contributed by atoms with van der Waals surface area (Å²) in [4.78, 5) is 22.5. The molecule has 0 unspecified atom stereocenters. The number of amides is 1. The highest BCUT2D eigenvalue weighted by molar-refractivity contribution is 6.32. The number of carbonyl (C=O) groups excluding carboxylic acids is 1. The zero-order valence-corrected chi connectivity index (χ0v) is 13.3. The molecule has 1 N–H and O–H groups in total. The fraction of sp³-hybridized carbons (Fsp3) is 0.125. The Morgan fingerprint density at radius 2 is 2.21 bits per heavy atom. The Hall–Kier alpha value is -3.11. The highest BCUT2D eigenvalue weighted by Gasteiger charge is 2.18. The van der Waals surface area contributed by atoms with E-state index in [2.05, 4.69) is 5.32 Å². The molecule has 2 aromatic rings. The quantitative estimate of drug-likeness (QED) is 0.386. The molecule has 0 bridgehead atoms. The number of hydrogen-bond acceptors (Lipinski definition) is 5. The van der Waals surface area contributed by atoms with Gasteiger partial charge in [-0.3, -0.25) is 14.9 Å². The van der Waals surface area contributed by atoms with Crippen LogP contribution < -0.4 is 5.32 Å². The summed E-state index contributed by atoms with van der Waals surface area (Å²) in [6.07, 6.45) is 1.10. The maximum absolute atomic E-state index is 12.1. The number of nitrogens with zero attached hydrogens (tertiary/aromatic N) is 2. The minimum atomic E-state index is -0.680. The predicted molar refractivity (Wildman–Crippen MR) is 87.0 cm³/mol. The van der Waals surface area contributed by atoms with Crippen molar-refractivity contribution >= 4 is 29.3 Å². The van der Waals surface area contributed by atoms with E-state index >= 15 is 0 Å². The number of nitriles is 1. The average Bonchev–Trinajstić information content (AvgIpc) is 2.96. The SMILES string of the molecule is Cc1ccc(CNC(=O)/C(C#N)=C/c2c(Cl)cccc2[N+](=O)[O-])o1. The first-order valence-corrected chi connectivity index (χ1v) is 7.18. The van der Waals surface area contributed by atoms with E-state index in [1.807, 2.05) is 0 Å². The van der Waals surface area contributed by atoms with Crippen LogP contribution in [0.15, 0.2) is 40.3 Å². The Balaban J connectivity index is 2.25. The second-order valence-electron chi connectivity index (χ2n) is 4.79. The third kappa shape index (κ3) is 4.00. The van der Waals surface area contributed by atoms with Gasteiger partial charge in [-0.15, -0.1) is 0 Å². The van der Waals surface area contributed by atoms with Crippen molar-refractivity contribution in [3.8, 4) is 6.07 Å². The van der Waals surface area contributed by atoms with Crippen LogP contribution in [0.1, 0.15) is 17.1 Å². The molecule has 0 saturated carbocycles. The number of nitro benzene ring substituents is 1. The van der Waals surface area contributed by atoms with E-state index in [9.17, 15) is 14.9 Å².